The molecule has 0 fully saturated rings. The van der Waals surface area contributed by atoms with Crippen molar-refractivity contribution < 1.29 is 4.79 Å². The zero-order chi connectivity index (χ0) is 15.6. The van der Waals surface area contributed by atoms with Crippen molar-refractivity contribution in [3.63, 3.8) is 0 Å². The molecule has 0 unspecified atom stereocenters. The van der Waals surface area contributed by atoms with Gasteiger partial charge < -0.3 is 0 Å². The second kappa shape index (κ2) is 6.01. The number of hydrogen-bond acceptors (Lipinski definition) is 1. The number of carbonyl (C=O) groups excluding carboxylic acids is 1. The van der Waals surface area contributed by atoms with E-state index in [-0.39, 0.29) is 11.2 Å². The van der Waals surface area contributed by atoms with Crippen molar-refractivity contribution in [1.82, 2.24) is 0 Å². The lowest BCUT2D eigenvalue weighted by atomic mass is 9.79. The quantitative estimate of drug-likeness (QED) is 0.531. The SMILES string of the molecule is CC(C)/C(=C\C(=O)c1ccc2c(c1)C=CCC2)C(C)(C)C. The fraction of sp³-hybridized carbons (Fsp3) is 0.450. The number of hydrogen-bond donors (Lipinski definition) is 0. The molecule has 0 atom stereocenters. The van der Waals surface area contributed by atoms with Crippen LogP contribution in [0.4, 0.5) is 0 Å². The molecule has 0 heterocycles. The van der Waals surface area contributed by atoms with Crippen LogP contribution in [-0.2, 0) is 6.42 Å². The summed E-state index contributed by atoms with van der Waals surface area (Å²) in [6.45, 7) is 10.8. The van der Waals surface area contributed by atoms with Crippen LogP contribution in [-0.4, -0.2) is 5.78 Å². The Morgan fingerprint density at radius 3 is 2.57 bits per heavy atom. The standard InChI is InChI=1S/C20H26O/c1-14(2)18(20(3,4)5)13-19(21)17-11-10-15-8-6-7-9-16(15)12-17/h7,9-14H,6,8H2,1-5H3/b18-13+. The number of allylic oxidation sites excluding steroid dienone is 3. The highest BCUT2D eigenvalue weighted by molar-refractivity contribution is 6.05. The molecule has 1 nitrogen and oxygen atoms in total. The van der Waals surface area contributed by atoms with Crippen molar-refractivity contribution in [3.8, 4) is 0 Å². The van der Waals surface area contributed by atoms with E-state index >= 15 is 0 Å². The van der Waals surface area contributed by atoms with Gasteiger partial charge in [0.2, 0.25) is 0 Å². The summed E-state index contributed by atoms with van der Waals surface area (Å²) < 4.78 is 0. The molecule has 21 heavy (non-hydrogen) atoms. The number of rotatable bonds is 3. The smallest absolute Gasteiger partial charge is 0.185 e. The maximum absolute atomic E-state index is 12.6. The summed E-state index contributed by atoms with van der Waals surface area (Å²) in [7, 11) is 0. The maximum Gasteiger partial charge on any atom is 0.185 e. The number of aryl methyl sites for hydroxylation is 1. The van der Waals surface area contributed by atoms with Gasteiger partial charge in [0.1, 0.15) is 0 Å². The molecular formula is C20H26O. The van der Waals surface area contributed by atoms with E-state index < -0.39 is 0 Å². The van der Waals surface area contributed by atoms with Gasteiger partial charge in [-0.2, -0.15) is 0 Å². The van der Waals surface area contributed by atoms with E-state index in [0.717, 1.165) is 18.4 Å². The summed E-state index contributed by atoms with van der Waals surface area (Å²) in [6.07, 6.45) is 8.34. The lowest BCUT2D eigenvalue weighted by molar-refractivity contribution is 0.104. The van der Waals surface area contributed by atoms with Crippen LogP contribution in [0.1, 0.15) is 62.5 Å². The van der Waals surface area contributed by atoms with E-state index in [9.17, 15) is 4.79 Å². The average molecular weight is 282 g/mol. The molecular weight excluding hydrogens is 256 g/mol. The predicted molar refractivity (Wildman–Crippen MR) is 90.5 cm³/mol. The second-order valence-corrected chi connectivity index (χ2v) is 7.22. The molecule has 112 valence electrons. The fourth-order valence-electron chi connectivity index (χ4n) is 3.05. The first-order valence-corrected chi connectivity index (χ1v) is 7.85. The van der Waals surface area contributed by atoms with Gasteiger partial charge in [-0.1, -0.05) is 64.5 Å². The van der Waals surface area contributed by atoms with Gasteiger partial charge in [0.25, 0.3) is 0 Å². The van der Waals surface area contributed by atoms with Crippen LogP contribution in [0.2, 0.25) is 0 Å². The summed E-state index contributed by atoms with van der Waals surface area (Å²) in [4.78, 5) is 12.6. The van der Waals surface area contributed by atoms with Gasteiger partial charge in [-0.25, -0.2) is 0 Å². The highest BCUT2D eigenvalue weighted by Gasteiger charge is 2.21. The molecule has 0 amide bonds. The van der Waals surface area contributed by atoms with Gasteiger partial charge in [0, 0.05) is 5.56 Å². The zero-order valence-electron chi connectivity index (χ0n) is 13.9. The summed E-state index contributed by atoms with van der Waals surface area (Å²) in [5.41, 5.74) is 4.57. The molecule has 0 aliphatic heterocycles. The highest BCUT2D eigenvalue weighted by atomic mass is 16.1. The first kappa shape index (κ1) is 15.8. The topological polar surface area (TPSA) is 17.1 Å². The van der Waals surface area contributed by atoms with Crippen molar-refractivity contribution >= 4 is 11.9 Å². The number of benzene rings is 1. The van der Waals surface area contributed by atoms with E-state index in [1.165, 1.54) is 16.7 Å². The highest BCUT2D eigenvalue weighted by Crippen LogP contribution is 2.31. The van der Waals surface area contributed by atoms with Crippen molar-refractivity contribution in [2.24, 2.45) is 11.3 Å². The molecule has 2 rings (SSSR count). The van der Waals surface area contributed by atoms with E-state index in [2.05, 4.69) is 52.8 Å². The minimum absolute atomic E-state index is 0.0257. The lowest BCUT2D eigenvalue weighted by Gasteiger charge is -2.26. The van der Waals surface area contributed by atoms with Crippen LogP contribution in [0.5, 0.6) is 0 Å². The lowest BCUT2D eigenvalue weighted by Crippen LogP contribution is -2.16. The molecule has 1 aliphatic rings. The summed E-state index contributed by atoms with van der Waals surface area (Å²) in [5.74, 6) is 0.502. The number of fused-ring (bicyclic) bond motifs is 1. The normalized spacial score (nSPS) is 15.2. The predicted octanol–water partition coefficient (Wildman–Crippen LogP) is 5.46. The van der Waals surface area contributed by atoms with Crippen LogP contribution in [0.3, 0.4) is 0 Å². The fourth-order valence-corrected chi connectivity index (χ4v) is 3.05. The maximum atomic E-state index is 12.6. The largest absolute Gasteiger partial charge is 0.289 e. The Labute approximate surface area is 128 Å². The molecule has 0 radical (unpaired) electrons. The Morgan fingerprint density at radius 1 is 1.24 bits per heavy atom. The van der Waals surface area contributed by atoms with E-state index in [4.69, 9.17) is 0 Å². The molecule has 0 aromatic heterocycles. The Balaban J connectivity index is 2.34. The van der Waals surface area contributed by atoms with Crippen LogP contribution >= 0.6 is 0 Å². The molecule has 1 heteroatoms. The first-order valence-electron chi connectivity index (χ1n) is 7.85. The van der Waals surface area contributed by atoms with E-state index in [0.29, 0.717) is 5.92 Å². The number of ketones is 1. The number of carbonyl (C=O) groups is 1. The van der Waals surface area contributed by atoms with E-state index in [1.54, 1.807) is 0 Å². The third kappa shape index (κ3) is 3.72. The van der Waals surface area contributed by atoms with Gasteiger partial charge in [-0.15, -0.1) is 0 Å². The molecule has 1 aromatic rings. The second-order valence-electron chi connectivity index (χ2n) is 7.22. The minimum Gasteiger partial charge on any atom is -0.289 e. The molecule has 0 saturated carbocycles. The van der Waals surface area contributed by atoms with Crippen molar-refractivity contribution in [2.45, 2.75) is 47.5 Å². The van der Waals surface area contributed by atoms with Gasteiger partial charge >= 0.3 is 0 Å². The van der Waals surface area contributed by atoms with Crippen molar-refractivity contribution in [1.29, 1.82) is 0 Å². The summed E-state index contributed by atoms with van der Waals surface area (Å²) in [6, 6.07) is 6.11. The molecule has 1 aliphatic carbocycles. The van der Waals surface area contributed by atoms with Crippen LogP contribution < -0.4 is 0 Å². The first-order chi connectivity index (χ1) is 9.79. The molecule has 0 saturated heterocycles. The van der Waals surface area contributed by atoms with Crippen LogP contribution in [0.15, 0.2) is 35.9 Å². The van der Waals surface area contributed by atoms with Gasteiger partial charge in [-0.3, -0.25) is 4.79 Å². The van der Waals surface area contributed by atoms with Crippen LogP contribution in [0.25, 0.3) is 6.08 Å². The zero-order valence-corrected chi connectivity index (χ0v) is 13.9. The van der Waals surface area contributed by atoms with Crippen molar-refractivity contribution in [3.05, 3.63) is 52.6 Å². The molecule has 0 spiro atoms. The Bertz CT molecular complexity index is 595. The molecule has 0 N–H and O–H groups in total. The monoisotopic (exact) mass is 282 g/mol. The third-order valence-electron chi connectivity index (χ3n) is 4.08. The van der Waals surface area contributed by atoms with E-state index in [1.807, 2.05) is 18.2 Å². The Morgan fingerprint density at radius 2 is 1.95 bits per heavy atom. The third-order valence-corrected chi connectivity index (χ3v) is 4.08. The Kier molecular flexibility index (Phi) is 4.51. The average Bonchev–Trinajstić information content (AvgIpc) is 2.42. The van der Waals surface area contributed by atoms with Gasteiger partial charge in [0.05, 0.1) is 0 Å². The summed E-state index contributed by atoms with van der Waals surface area (Å²) >= 11 is 0. The molecule has 0 bridgehead atoms. The van der Waals surface area contributed by atoms with Crippen molar-refractivity contribution in [2.75, 3.05) is 0 Å². The van der Waals surface area contributed by atoms with Gasteiger partial charge in [-0.05, 0) is 47.4 Å². The minimum atomic E-state index is 0.0257. The molecule has 1 aromatic carbocycles. The Hall–Kier alpha value is -1.63. The summed E-state index contributed by atoms with van der Waals surface area (Å²) in [5, 5.41) is 0. The van der Waals surface area contributed by atoms with Gasteiger partial charge in [0.15, 0.2) is 5.78 Å². The van der Waals surface area contributed by atoms with Crippen LogP contribution in [0, 0.1) is 11.3 Å².